The molecule has 4 aromatic rings. The Bertz CT molecular complexity index is 971. The van der Waals surface area contributed by atoms with E-state index in [-0.39, 0.29) is 0 Å². The molecule has 1 aromatic carbocycles. The molecule has 3 heterocycles. The fourth-order valence-corrected chi connectivity index (χ4v) is 3.64. The van der Waals surface area contributed by atoms with Crippen LogP contribution in [0, 0.1) is 0 Å². The van der Waals surface area contributed by atoms with Crippen LogP contribution >= 0.6 is 11.3 Å². The average molecular weight is 362 g/mol. The average Bonchev–Trinajstić information content (AvgIpc) is 3.14. The Morgan fingerprint density at radius 2 is 1.65 bits per heavy atom. The molecular weight excluding hydrogens is 344 g/mol. The lowest BCUT2D eigenvalue weighted by Gasteiger charge is -2.09. The number of hydrogen-bond donors (Lipinski definition) is 2. The normalized spacial score (nSPS) is 10.8. The zero-order valence-electron chi connectivity index (χ0n) is 14.1. The van der Waals surface area contributed by atoms with Crippen LogP contribution < -0.4 is 10.6 Å². The highest BCUT2D eigenvalue weighted by atomic mass is 32.1. The number of hydrogen-bond acceptors (Lipinski definition) is 7. The van der Waals surface area contributed by atoms with E-state index in [1.807, 2.05) is 18.2 Å². The van der Waals surface area contributed by atoms with Crippen LogP contribution in [0.4, 0.5) is 11.8 Å². The van der Waals surface area contributed by atoms with Gasteiger partial charge in [0.2, 0.25) is 5.95 Å². The topological polar surface area (TPSA) is 75.6 Å². The summed E-state index contributed by atoms with van der Waals surface area (Å²) in [4.78, 5) is 18.2. The summed E-state index contributed by atoms with van der Waals surface area (Å²) in [6.45, 7) is 1.59. The highest BCUT2D eigenvalue weighted by molar-refractivity contribution is 7.17. The number of benzene rings is 1. The molecule has 2 N–H and O–H groups in total. The molecule has 0 spiro atoms. The van der Waals surface area contributed by atoms with Crippen LogP contribution in [-0.2, 0) is 0 Å². The maximum absolute atomic E-state index is 4.46. The molecule has 0 fully saturated rings. The van der Waals surface area contributed by atoms with E-state index in [2.05, 4.69) is 48.1 Å². The molecule has 4 rings (SSSR count). The smallest absolute Gasteiger partial charge is 0.222 e. The molecule has 0 unspecified atom stereocenters. The predicted molar refractivity (Wildman–Crippen MR) is 106 cm³/mol. The minimum absolute atomic E-state index is 0.654. The summed E-state index contributed by atoms with van der Waals surface area (Å²) in [6, 6.07) is 12.2. The molecule has 0 saturated carbocycles. The minimum Gasteiger partial charge on any atom is -0.369 e. The largest absolute Gasteiger partial charge is 0.369 e. The molecule has 7 heteroatoms. The van der Waals surface area contributed by atoms with Crippen molar-refractivity contribution in [1.82, 2.24) is 19.9 Å². The lowest BCUT2D eigenvalue weighted by atomic mass is 10.1. The highest BCUT2D eigenvalue weighted by Gasteiger charge is 2.12. The van der Waals surface area contributed by atoms with Crippen molar-refractivity contribution in [3.63, 3.8) is 0 Å². The first-order chi connectivity index (χ1) is 12.9. The van der Waals surface area contributed by atoms with Gasteiger partial charge in [-0.25, -0.2) is 19.9 Å². The molecular formula is C19H18N6S. The predicted octanol–water partition coefficient (Wildman–Crippen LogP) is 4.06. The summed E-state index contributed by atoms with van der Waals surface area (Å²) in [5.41, 5.74) is 2.35. The third-order valence-electron chi connectivity index (χ3n) is 3.95. The van der Waals surface area contributed by atoms with Crippen LogP contribution in [-0.4, -0.2) is 33.0 Å². The van der Waals surface area contributed by atoms with Crippen molar-refractivity contribution in [2.24, 2.45) is 0 Å². The zero-order valence-corrected chi connectivity index (χ0v) is 14.9. The molecule has 26 heavy (non-hydrogen) atoms. The molecule has 6 nitrogen and oxygen atoms in total. The monoisotopic (exact) mass is 362 g/mol. The summed E-state index contributed by atoms with van der Waals surface area (Å²) in [6.07, 6.45) is 6.00. The van der Waals surface area contributed by atoms with E-state index in [1.54, 1.807) is 36.1 Å². The first-order valence-electron chi connectivity index (χ1n) is 8.44. The molecule has 0 aliphatic rings. The van der Waals surface area contributed by atoms with Gasteiger partial charge in [0.1, 0.15) is 17.0 Å². The van der Waals surface area contributed by atoms with E-state index in [0.29, 0.717) is 5.95 Å². The Kier molecular flexibility index (Phi) is 4.97. The van der Waals surface area contributed by atoms with Gasteiger partial charge in [-0.1, -0.05) is 30.3 Å². The third-order valence-corrected chi connectivity index (χ3v) is 4.84. The molecule has 130 valence electrons. The van der Waals surface area contributed by atoms with Crippen molar-refractivity contribution >= 4 is 33.3 Å². The Labute approximate surface area is 155 Å². The minimum atomic E-state index is 0.654. The number of thiophene rings is 1. The maximum Gasteiger partial charge on any atom is 0.222 e. The van der Waals surface area contributed by atoms with Crippen LogP contribution in [0.5, 0.6) is 0 Å². The number of rotatable bonds is 7. The molecule has 0 aliphatic heterocycles. The van der Waals surface area contributed by atoms with Crippen molar-refractivity contribution in [2.75, 3.05) is 23.7 Å². The number of nitrogens with zero attached hydrogens (tertiary/aromatic N) is 4. The van der Waals surface area contributed by atoms with Crippen molar-refractivity contribution in [2.45, 2.75) is 6.42 Å². The SMILES string of the molecule is c1ccc(-c2csc3ncnc(NCCCNc4ncccn4)c23)cc1. The lowest BCUT2D eigenvalue weighted by Crippen LogP contribution is -2.11. The van der Waals surface area contributed by atoms with E-state index >= 15 is 0 Å². The Hall–Kier alpha value is -3.06. The number of fused-ring (bicyclic) bond motifs is 1. The van der Waals surface area contributed by atoms with Crippen molar-refractivity contribution < 1.29 is 0 Å². The summed E-state index contributed by atoms with van der Waals surface area (Å²) >= 11 is 1.64. The van der Waals surface area contributed by atoms with Crippen LogP contribution in [0.2, 0.25) is 0 Å². The Balaban J connectivity index is 1.44. The Morgan fingerprint density at radius 1 is 0.846 bits per heavy atom. The van der Waals surface area contributed by atoms with Gasteiger partial charge in [-0.05, 0) is 18.1 Å². The third kappa shape index (κ3) is 3.62. The molecule has 0 saturated heterocycles. The van der Waals surface area contributed by atoms with Crippen molar-refractivity contribution in [3.05, 3.63) is 60.5 Å². The van der Waals surface area contributed by atoms with Crippen LogP contribution in [0.25, 0.3) is 21.3 Å². The van der Waals surface area contributed by atoms with Gasteiger partial charge in [-0.2, -0.15) is 0 Å². The van der Waals surface area contributed by atoms with Gasteiger partial charge in [-0.3, -0.25) is 0 Å². The van der Waals surface area contributed by atoms with Crippen LogP contribution in [0.15, 0.2) is 60.5 Å². The van der Waals surface area contributed by atoms with Crippen LogP contribution in [0.3, 0.4) is 0 Å². The summed E-state index contributed by atoms with van der Waals surface area (Å²) < 4.78 is 0. The van der Waals surface area contributed by atoms with E-state index in [4.69, 9.17) is 0 Å². The summed E-state index contributed by atoms with van der Waals surface area (Å²) in [5, 5.41) is 9.89. The van der Waals surface area contributed by atoms with Gasteiger partial charge in [0.05, 0.1) is 5.39 Å². The number of nitrogens with one attached hydrogen (secondary N) is 2. The quantitative estimate of drug-likeness (QED) is 0.483. The van der Waals surface area contributed by atoms with E-state index in [9.17, 15) is 0 Å². The molecule has 0 amide bonds. The first kappa shape index (κ1) is 16.4. The molecule has 0 aliphatic carbocycles. The van der Waals surface area contributed by atoms with Gasteiger partial charge >= 0.3 is 0 Å². The summed E-state index contributed by atoms with van der Waals surface area (Å²) in [5.74, 6) is 1.53. The second-order valence-corrected chi connectivity index (χ2v) is 6.56. The first-order valence-corrected chi connectivity index (χ1v) is 9.32. The fraction of sp³-hybridized carbons (Fsp3) is 0.158. The van der Waals surface area contributed by atoms with Gasteiger partial charge < -0.3 is 10.6 Å². The van der Waals surface area contributed by atoms with E-state index in [0.717, 1.165) is 35.5 Å². The van der Waals surface area contributed by atoms with Gasteiger partial charge in [0.25, 0.3) is 0 Å². The molecule has 3 aromatic heterocycles. The number of aromatic nitrogens is 4. The summed E-state index contributed by atoms with van der Waals surface area (Å²) in [7, 11) is 0. The maximum atomic E-state index is 4.46. The van der Waals surface area contributed by atoms with Gasteiger partial charge in [0.15, 0.2) is 0 Å². The molecule has 0 bridgehead atoms. The van der Waals surface area contributed by atoms with Gasteiger partial charge in [-0.15, -0.1) is 11.3 Å². The van der Waals surface area contributed by atoms with Crippen molar-refractivity contribution in [3.8, 4) is 11.1 Å². The molecule has 0 radical (unpaired) electrons. The fourth-order valence-electron chi connectivity index (χ4n) is 2.73. The molecule has 0 atom stereocenters. The Morgan fingerprint density at radius 3 is 2.50 bits per heavy atom. The van der Waals surface area contributed by atoms with E-state index < -0.39 is 0 Å². The lowest BCUT2D eigenvalue weighted by molar-refractivity contribution is 0.891. The van der Waals surface area contributed by atoms with Crippen LogP contribution in [0.1, 0.15) is 6.42 Å². The van der Waals surface area contributed by atoms with Gasteiger partial charge in [0, 0.05) is 36.4 Å². The second-order valence-electron chi connectivity index (χ2n) is 5.70. The second kappa shape index (κ2) is 7.88. The standard InChI is InChI=1S/C19H18N6S/c1-2-6-14(7-3-1)15-12-26-18-16(15)17(24-13-25-18)20-8-4-9-21-19-22-10-5-11-23-19/h1-3,5-7,10-13H,4,8-9H2,(H,20,24,25)(H,21,22,23). The number of anilines is 2. The zero-order chi connectivity index (χ0) is 17.6. The highest BCUT2D eigenvalue weighted by Crippen LogP contribution is 2.36. The van der Waals surface area contributed by atoms with E-state index in [1.165, 1.54) is 11.1 Å². The van der Waals surface area contributed by atoms with Crippen molar-refractivity contribution in [1.29, 1.82) is 0 Å².